The number of benzene rings is 2. The number of H-pyrrole nitrogens is 1. The molecule has 1 atom stereocenters. The molecule has 0 saturated heterocycles. The highest BCUT2D eigenvalue weighted by Crippen LogP contribution is 2.12. The van der Waals surface area contributed by atoms with E-state index in [1.54, 1.807) is 0 Å². The summed E-state index contributed by atoms with van der Waals surface area (Å²) in [5, 5.41) is 14.2. The molecule has 0 amide bonds. The smallest absolute Gasteiger partial charge is 0.252 e. The van der Waals surface area contributed by atoms with Crippen LogP contribution in [0.1, 0.15) is 17.2 Å². The highest BCUT2D eigenvalue weighted by atomic mass is 16.3. The maximum absolute atomic E-state index is 12.0. The fraction of sp³-hybridized carbons (Fsp3) is 0.167. The number of para-hydroxylation sites is 1. The fourth-order valence-electron chi connectivity index (χ4n) is 2.46. The van der Waals surface area contributed by atoms with E-state index < -0.39 is 6.10 Å². The second kappa shape index (κ2) is 6.56. The van der Waals surface area contributed by atoms with Crippen molar-refractivity contribution < 1.29 is 5.11 Å². The van der Waals surface area contributed by atoms with E-state index in [-0.39, 0.29) is 5.56 Å². The lowest BCUT2D eigenvalue weighted by molar-refractivity contribution is 0.174. The fourth-order valence-corrected chi connectivity index (χ4v) is 2.46. The molecule has 0 aliphatic carbocycles. The Balaban J connectivity index is 1.67. The monoisotopic (exact) mass is 294 g/mol. The minimum atomic E-state index is -0.583. The van der Waals surface area contributed by atoms with Gasteiger partial charge in [-0.3, -0.25) is 4.79 Å². The quantitative estimate of drug-likeness (QED) is 0.677. The normalized spacial score (nSPS) is 12.4. The van der Waals surface area contributed by atoms with Crippen LogP contribution in [0.15, 0.2) is 65.5 Å². The van der Waals surface area contributed by atoms with Gasteiger partial charge in [0.25, 0.3) is 5.56 Å². The van der Waals surface area contributed by atoms with Crippen molar-refractivity contribution >= 4 is 10.9 Å². The summed E-state index contributed by atoms with van der Waals surface area (Å²) in [7, 11) is 0. The molecular weight excluding hydrogens is 276 g/mol. The van der Waals surface area contributed by atoms with Crippen LogP contribution in [0.4, 0.5) is 0 Å². The molecule has 3 aromatic rings. The van der Waals surface area contributed by atoms with Crippen LogP contribution < -0.4 is 10.9 Å². The molecule has 22 heavy (non-hydrogen) atoms. The zero-order valence-electron chi connectivity index (χ0n) is 12.1. The molecule has 1 unspecified atom stereocenters. The first kappa shape index (κ1) is 14.5. The number of aromatic amines is 1. The van der Waals surface area contributed by atoms with Crippen LogP contribution in [0.3, 0.4) is 0 Å². The number of hydrogen-bond donors (Lipinski definition) is 3. The van der Waals surface area contributed by atoms with Crippen LogP contribution >= 0.6 is 0 Å². The van der Waals surface area contributed by atoms with Gasteiger partial charge in [-0.2, -0.15) is 0 Å². The van der Waals surface area contributed by atoms with Crippen LogP contribution in [-0.2, 0) is 6.54 Å². The van der Waals surface area contributed by atoms with Gasteiger partial charge in [0.1, 0.15) is 0 Å². The lowest BCUT2D eigenvalue weighted by Crippen LogP contribution is -2.25. The van der Waals surface area contributed by atoms with Crippen LogP contribution in [0.2, 0.25) is 0 Å². The number of aromatic nitrogens is 1. The zero-order chi connectivity index (χ0) is 15.4. The Labute approximate surface area is 128 Å². The second-order valence-corrected chi connectivity index (χ2v) is 5.27. The van der Waals surface area contributed by atoms with E-state index in [0.717, 1.165) is 16.5 Å². The molecule has 1 heterocycles. The van der Waals surface area contributed by atoms with Crippen LogP contribution in [0.5, 0.6) is 0 Å². The number of rotatable bonds is 5. The van der Waals surface area contributed by atoms with Gasteiger partial charge in [0.15, 0.2) is 0 Å². The van der Waals surface area contributed by atoms with Crippen molar-refractivity contribution in [3.05, 3.63) is 82.1 Å². The SMILES string of the molecule is O=c1[nH]c2ccccc2cc1CNCC(O)c1ccccc1. The van der Waals surface area contributed by atoms with Crippen molar-refractivity contribution in [1.29, 1.82) is 0 Å². The number of pyridine rings is 1. The Morgan fingerprint density at radius 2 is 1.77 bits per heavy atom. The highest BCUT2D eigenvalue weighted by Gasteiger charge is 2.07. The first-order valence-corrected chi connectivity index (χ1v) is 7.29. The summed E-state index contributed by atoms with van der Waals surface area (Å²) >= 11 is 0. The lowest BCUT2D eigenvalue weighted by atomic mass is 10.1. The summed E-state index contributed by atoms with van der Waals surface area (Å²) in [5.74, 6) is 0. The van der Waals surface area contributed by atoms with Crippen LogP contribution in [-0.4, -0.2) is 16.6 Å². The van der Waals surface area contributed by atoms with Gasteiger partial charge in [-0.05, 0) is 23.1 Å². The van der Waals surface area contributed by atoms with Crippen LogP contribution in [0, 0.1) is 0 Å². The van der Waals surface area contributed by atoms with Crippen molar-refractivity contribution in [2.45, 2.75) is 12.6 Å². The molecule has 0 saturated carbocycles. The maximum atomic E-state index is 12.0. The number of aliphatic hydroxyl groups excluding tert-OH is 1. The molecular formula is C18H18N2O2. The summed E-state index contributed by atoms with van der Waals surface area (Å²) < 4.78 is 0. The average molecular weight is 294 g/mol. The molecule has 2 aromatic carbocycles. The minimum absolute atomic E-state index is 0.0969. The van der Waals surface area contributed by atoms with Gasteiger partial charge in [0, 0.05) is 24.2 Å². The Morgan fingerprint density at radius 1 is 1.05 bits per heavy atom. The molecule has 4 heteroatoms. The van der Waals surface area contributed by atoms with Gasteiger partial charge in [-0.1, -0.05) is 48.5 Å². The van der Waals surface area contributed by atoms with Gasteiger partial charge in [-0.15, -0.1) is 0 Å². The third-order valence-electron chi connectivity index (χ3n) is 3.67. The predicted octanol–water partition coefficient (Wildman–Crippen LogP) is 2.35. The summed E-state index contributed by atoms with van der Waals surface area (Å²) in [6, 6.07) is 19.0. The van der Waals surface area contributed by atoms with E-state index in [2.05, 4.69) is 10.3 Å². The molecule has 0 radical (unpaired) electrons. The summed E-state index contributed by atoms with van der Waals surface area (Å²) in [6.07, 6.45) is -0.583. The summed E-state index contributed by atoms with van der Waals surface area (Å²) in [5.41, 5.74) is 2.27. The van der Waals surface area contributed by atoms with E-state index in [1.165, 1.54) is 0 Å². The van der Waals surface area contributed by atoms with E-state index >= 15 is 0 Å². The van der Waals surface area contributed by atoms with Crippen molar-refractivity contribution in [3.63, 3.8) is 0 Å². The molecule has 0 bridgehead atoms. The van der Waals surface area contributed by atoms with Gasteiger partial charge in [0.2, 0.25) is 0 Å². The molecule has 112 valence electrons. The Morgan fingerprint density at radius 3 is 2.59 bits per heavy atom. The van der Waals surface area contributed by atoms with E-state index in [9.17, 15) is 9.90 Å². The lowest BCUT2D eigenvalue weighted by Gasteiger charge is -2.12. The Bertz CT molecular complexity index is 812. The largest absolute Gasteiger partial charge is 0.387 e. The molecule has 3 N–H and O–H groups in total. The third kappa shape index (κ3) is 3.24. The minimum Gasteiger partial charge on any atom is -0.387 e. The topological polar surface area (TPSA) is 65.1 Å². The summed E-state index contributed by atoms with van der Waals surface area (Å²) in [4.78, 5) is 14.9. The van der Waals surface area contributed by atoms with Gasteiger partial charge in [-0.25, -0.2) is 0 Å². The van der Waals surface area contributed by atoms with Crippen molar-refractivity contribution in [2.75, 3.05) is 6.54 Å². The molecule has 0 fully saturated rings. The molecule has 1 aromatic heterocycles. The van der Waals surface area contributed by atoms with Crippen LogP contribution in [0.25, 0.3) is 10.9 Å². The van der Waals surface area contributed by atoms with E-state index in [4.69, 9.17) is 0 Å². The van der Waals surface area contributed by atoms with Crippen molar-refractivity contribution in [3.8, 4) is 0 Å². The standard InChI is InChI=1S/C18H18N2O2/c21-17(13-6-2-1-3-7-13)12-19-11-15-10-14-8-4-5-9-16(14)20-18(15)22/h1-10,17,19,21H,11-12H2,(H,20,22). The molecule has 4 nitrogen and oxygen atoms in total. The number of aliphatic hydroxyl groups is 1. The van der Waals surface area contributed by atoms with Gasteiger partial charge < -0.3 is 15.4 Å². The first-order valence-electron chi connectivity index (χ1n) is 7.29. The molecule has 0 aliphatic heterocycles. The zero-order valence-corrected chi connectivity index (χ0v) is 12.1. The highest BCUT2D eigenvalue weighted by molar-refractivity contribution is 5.78. The summed E-state index contributed by atoms with van der Waals surface area (Å²) in [6.45, 7) is 0.820. The number of fused-ring (bicyclic) bond motifs is 1. The van der Waals surface area contributed by atoms with Crippen molar-refractivity contribution in [2.24, 2.45) is 0 Å². The molecule has 3 rings (SSSR count). The number of nitrogens with one attached hydrogen (secondary N) is 2. The van der Waals surface area contributed by atoms with Gasteiger partial charge in [0.05, 0.1) is 6.10 Å². The Hall–Kier alpha value is -2.43. The Kier molecular flexibility index (Phi) is 4.32. The second-order valence-electron chi connectivity index (χ2n) is 5.27. The van der Waals surface area contributed by atoms with Crippen molar-refractivity contribution in [1.82, 2.24) is 10.3 Å². The van der Waals surface area contributed by atoms with E-state index in [1.807, 2.05) is 60.7 Å². The maximum Gasteiger partial charge on any atom is 0.252 e. The third-order valence-corrected chi connectivity index (χ3v) is 3.67. The predicted molar refractivity (Wildman–Crippen MR) is 87.7 cm³/mol. The van der Waals surface area contributed by atoms with Gasteiger partial charge >= 0.3 is 0 Å². The average Bonchev–Trinajstić information content (AvgIpc) is 2.56. The molecule has 0 spiro atoms. The number of hydrogen-bond acceptors (Lipinski definition) is 3. The molecule has 0 aliphatic rings. The first-order chi connectivity index (χ1) is 10.7. The van der Waals surface area contributed by atoms with E-state index in [0.29, 0.717) is 18.7 Å².